The summed E-state index contributed by atoms with van der Waals surface area (Å²) in [6, 6.07) is 7.13. The number of ether oxygens (including phenoxy) is 3. The van der Waals surface area contributed by atoms with E-state index in [-0.39, 0.29) is 17.0 Å². The van der Waals surface area contributed by atoms with Crippen molar-refractivity contribution >= 4 is 17.6 Å². The molecule has 0 fully saturated rings. The maximum atomic E-state index is 13.5. The van der Waals surface area contributed by atoms with Crippen molar-refractivity contribution < 1.29 is 32.6 Å². The van der Waals surface area contributed by atoms with Gasteiger partial charge in [0.1, 0.15) is 28.7 Å². The van der Waals surface area contributed by atoms with E-state index in [2.05, 4.69) is 10.1 Å². The fraction of sp³-hybridized carbons (Fsp3) is 0.176. The van der Waals surface area contributed by atoms with Gasteiger partial charge in [0.2, 0.25) is 0 Å². The van der Waals surface area contributed by atoms with Crippen molar-refractivity contribution in [3.8, 4) is 11.5 Å². The van der Waals surface area contributed by atoms with Gasteiger partial charge in [-0.05, 0) is 24.3 Å². The molecule has 25 heavy (non-hydrogen) atoms. The number of methoxy groups -OCH3 is 2. The molecule has 0 aliphatic carbocycles. The lowest BCUT2D eigenvalue weighted by atomic mass is 10.2. The molecule has 0 radical (unpaired) electrons. The molecule has 1 amide bonds. The molecule has 0 saturated heterocycles. The highest BCUT2D eigenvalue weighted by molar-refractivity contribution is 5.94. The second-order valence-electron chi connectivity index (χ2n) is 4.81. The van der Waals surface area contributed by atoms with Crippen LogP contribution in [-0.2, 0) is 9.53 Å². The molecule has 0 aliphatic heterocycles. The molecule has 0 bridgehead atoms. The zero-order valence-electron chi connectivity index (χ0n) is 13.5. The summed E-state index contributed by atoms with van der Waals surface area (Å²) >= 11 is 0. The summed E-state index contributed by atoms with van der Waals surface area (Å²) in [7, 11) is 2.64. The van der Waals surface area contributed by atoms with Gasteiger partial charge in [-0.2, -0.15) is 0 Å². The van der Waals surface area contributed by atoms with E-state index in [4.69, 9.17) is 9.47 Å². The molecule has 0 aliphatic rings. The molecule has 2 rings (SSSR count). The Morgan fingerprint density at radius 1 is 1.08 bits per heavy atom. The van der Waals surface area contributed by atoms with Crippen LogP contribution in [0.5, 0.6) is 11.5 Å². The molecule has 2 aromatic carbocycles. The Labute approximate surface area is 142 Å². The monoisotopic (exact) mass is 351 g/mol. The Hall–Kier alpha value is -3.16. The highest BCUT2D eigenvalue weighted by Gasteiger charge is 2.16. The average molecular weight is 351 g/mol. The van der Waals surface area contributed by atoms with Crippen LogP contribution in [0, 0.1) is 11.6 Å². The minimum absolute atomic E-state index is 0.0703. The van der Waals surface area contributed by atoms with Gasteiger partial charge in [-0.25, -0.2) is 13.6 Å². The zero-order chi connectivity index (χ0) is 18.4. The average Bonchev–Trinajstić information content (AvgIpc) is 2.61. The van der Waals surface area contributed by atoms with E-state index in [0.29, 0.717) is 11.8 Å². The van der Waals surface area contributed by atoms with Crippen molar-refractivity contribution in [3.05, 3.63) is 53.6 Å². The second kappa shape index (κ2) is 8.09. The molecule has 1 N–H and O–H groups in total. The van der Waals surface area contributed by atoms with Gasteiger partial charge >= 0.3 is 5.97 Å². The van der Waals surface area contributed by atoms with E-state index in [1.807, 2.05) is 0 Å². The van der Waals surface area contributed by atoms with Gasteiger partial charge in [0.05, 0.1) is 19.9 Å². The third kappa shape index (κ3) is 4.66. The molecule has 0 heterocycles. The third-order valence-corrected chi connectivity index (χ3v) is 3.16. The van der Waals surface area contributed by atoms with Crippen LogP contribution in [0.3, 0.4) is 0 Å². The first-order valence-electron chi connectivity index (χ1n) is 7.08. The predicted molar refractivity (Wildman–Crippen MR) is 84.8 cm³/mol. The number of anilines is 1. The molecule has 2 aromatic rings. The summed E-state index contributed by atoms with van der Waals surface area (Å²) in [5.74, 6) is -2.53. The molecule has 6 nitrogen and oxygen atoms in total. The van der Waals surface area contributed by atoms with Gasteiger partial charge in [0, 0.05) is 12.1 Å². The summed E-state index contributed by atoms with van der Waals surface area (Å²) in [6.45, 7) is -0.506. The van der Waals surface area contributed by atoms with Gasteiger partial charge in [0.15, 0.2) is 6.61 Å². The molecular weight excluding hydrogens is 336 g/mol. The predicted octanol–water partition coefficient (Wildman–Crippen LogP) is 2.78. The topological polar surface area (TPSA) is 73.9 Å². The summed E-state index contributed by atoms with van der Waals surface area (Å²) in [5.41, 5.74) is -0.0853. The number of esters is 1. The van der Waals surface area contributed by atoms with Gasteiger partial charge in [0.25, 0.3) is 5.91 Å². The van der Waals surface area contributed by atoms with Gasteiger partial charge in [-0.1, -0.05) is 0 Å². The lowest BCUT2D eigenvalue weighted by Gasteiger charge is -2.12. The van der Waals surface area contributed by atoms with Crippen LogP contribution in [0.1, 0.15) is 10.4 Å². The normalized spacial score (nSPS) is 10.1. The van der Waals surface area contributed by atoms with Crippen molar-refractivity contribution in [1.82, 2.24) is 0 Å². The number of carbonyl (C=O) groups excluding carboxylic acids is 2. The van der Waals surface area contributed by atoms with Crippen LogP contribution in [0.15, 0.2) is 36.4 Å². The van der Waals surface area contributed by atoms with Crippen LogP contribution < -0.4 is 14.8 Å². The number of halogens is 2. The first-order chi connectivity index (χ1) is 11.9. The number of rotatable bonds is 6. The fourth-order valence-corrected chi connectivity index (χ4v) is 1.95. The van der Waals surface area contributed by atoms with Crippen molar-refractivity contribution in [2.24, 2.45) is 0 Å². The second-order valence-corrected chi connectivity index (χ2v) is 4.81. The minimum Gasteiger partial charge on any atom is -0.497 e. The standard InChI is InChI=1S/C17H15F2NO5/c1-23-11-4-5-12(17(22)24-2)15(8-11)25-9-16(21)20-14-6-3-10(18)7-13(14)19/h3-8H,9H2,1-2H3,(H,20,21). The van der Waals surface area contributed by atoms with Crippen molar-refractivity contribution in [2.45, 2.75) is 0 Å². The Kier molecular flexibility index (Phi) is 5.89. The first kappa shape index (κ1) is 18.2. The van der Waals surface area contributed by atoms with Crippen molar-refractivity contribution in [3.63, 3.8) is 0 Å². The van der Waals surface area contributed by atoms with Crippen LogP contribution in [0.25, 0.3) is 0 Å². The molecule has 0 unspecified atom stereocenters. The van der Waals surface area contributed by atoms with E-state index in [0.717, 1.165) is 12.1 Å². The molecule has 0 spiro atoms. The van der Waals surface area contributed by atoms with Crippen LogP contribution >= 0.6 is 0 Å². The quantitative estimate of drug-likeness (QED) is 0.810. The van der Waals surface area contributed by atoms with E-state index in [1.54, 1.807) is 0 Å². The van der Waals surface area contributed by atoms with E-state index < -0.39 is 30.1 Å². The number of hydrogen-bond donors (Lipinski definition) is 1. The molecule has 132 valence electrons. The van der Waals surface area contributed by atoms with Gasteiger partial charge in [-0.15, -0.1) is 0 Å². The Morgan fingerprint density at radius 3 is 2.48 bits per heavy atom. The van der Waals surface area contributed by atoms with Gasteiger partial charge < -0.3 is 19.5 Å². The maximum absolute atomic E-state index is 13.5. The summed E-state index contributed by atoms with van der Waals surface area (Å²) in [4.78, 5) is 23.6. The zero-order valence-corrected chi connectivity index (χ0v) is 13.5. The molecule has 8 heteroatoms. The highest BCUT2D eigenvalue weighted by atomic mass is 19.1. The lowest BCUT2D eigenvalue weighted by Crippen LogP contribution is -2.21. The minimum atomic E-state index is -0.912. The third-order valence-electron chi connectivity index (χ3n) is 3.16. The summed E-state index contributed by atoms with van der Waals surface area (Å²) < 4.78 is 41.3. The maximum Gasteiger partial charge on any atom is 0.341 e. The molecular formula is C17H15F2NO5. The van der Waals surface area contributed by atoms with E-state index in [1.165, 1.54) is 32.4 Å². The smallest absolute Gasteiger partial charge is 0.341 e. The van der Waals surface area contributed by atoms with Crippen LogP contribution in [0.4, 0.5) is 14.5 Å². The van der Waals surface area contributed by atoms with Crippen LogP contribution in [0.2, 0.25) is 0 Å². The molecule has 0 saturated carbocycles. The number of benzene rings is 2. The van der Waals surface area contributed by atoms with Gasteiger partial charge in [-0.3, -0.25) is 4.79 Å². The number of amides is 1. The SMILES string of the molecule is COC(=O)c1ccc(OC)cc1OCC(=O)Nc1ccc(F)cc1F. The number of nitrogens with one attached hydrogen (secondary N) is 1. The number of carbonyl (C=O) groups is 2. The van der Waals surface area contributed by atoms with Crippen molar-refractivity contribution in [1.29, 1.82) is 0 Å². The Bertz CT molecular complexity index is 795. The van der Waals surface area contributed by atoms with Crippen LogP contribution in [-0.4, -0.2) is 32.7 Å². The fourth-order valence-electron chi connectivity index (χ4n) is 1.95. The van der Waals surface area contributed by atoms with E-state index in [9.17, 15) is 18.4 Å². The highest BCUT2D eigenvalue weighted by Crippen LogP contribution is 2.25. The first-order valence-corrected chi connectivity index (χ1v) is 7.08. The molecule has 0 aromatic heterocycles. The largest absolute Gasteiger partial charge is 0.497 e. The summed E-state index contributed by atoms with van der Waals surface area (Å²) in [5, 5.41) is 2.25. The summed E-state index contributed by atoms with van der Waals surface area (Å²) in [6.07, 6.45) is 0. The van der Waals surface area contributed by atoms with Crippen molar-refractivity contribution in [2.75, 3.05) is 26.1 Å². The number of hydrogen-bond acceptors (Lipinski definition) is 5. The van der Waals surface area contributed by atoms with E-state index >= 15 is 0 Å². The Balaban J connectivity index is 2.09. The Morgan fingerprint density at radius 2 is 1.84 bits per heavy atom. The lowest BCUT2D eigenvalue weighted by molar-refractivity contribution is -0.118. The molecule has 0 atom stereocenters.